The molecule has 1 aromatic heterocycles. The highest BCUT2D eigenvalue weighted by Crippen LogP contribution is 2.10. The number of aryl methyl sites for hydroxylation is 1. The van der Waals surface area contributed by atoms with Gasteiger partial charge in [0.1, 0.15) is 11.5 Å². The largest absolute Gasteiger partial charge is 0.448 e. The molecule has 0 aliphatic heterocycles. The van der Waals surface area contributed by atoms with Crippen LogP contribution in [0.3, 0.4) is 0 Å². The van der Waals surface area contributed by atoms with Gasteiger partial charge in [0.2, 0.25) is 0 Å². The molecular formula is C8H11NO2. The Morgan fingerprint density at radius 2 is 2.27 bits per heavy atom. The zero-order valence-electron chi connectivity index (χ0n) is 6.92. The van der Waals surface area contributed by atoms with Crippen molar-refractivity contribution in [3.8, 4) is 0 Å². The third kappa shape index (κ3) is 1.48. The summed E-state index contributed by atoms with van der Waals surface area (Å²) in [5, 5.41) is 0. The van der Waals surface area contributed by atoms with Crippen LogP contribution < -0.4 is 0 Å². The fourth-order valence-corrected chi connectivity index (χ4v) is 0.815. The second-order valence-corrected chi connectivity index (χ2v) is 2.78. The molecule has 0 radical (unpaired) electrons. The van der Waals surface area contributed by atoms with E-state index < -0.39 is 0 Å². The second-order valence-electron chi connectivity index (χ2n) is 2.78. The number of carbonyl (C=O) groups is 1. The Morgan fingerprint density at radius 3 is 2.64 bits per heavy atom. The van der Waals surface area contributed by atoms with Gasteiger partial charge in [0, 0.05) is 5.92 Å². The third-order valence-electron chi connectivity index (χ3n) is 1.50. The van der Waals surface area contributed by atoms with E-state index in [0.29, 0.717) is 11.5 Å². The Labute approximate surface area is 65.4 Å². The van der Waals surface area contributed by atoms with Crippen LogP contribution in [-0.4, -0.2) is 10.8 Å². The molecule has 0 amide bonds. The van der Waals surface area contributed by atoms with E-state index in [2.05, 4.69) is 4.98 Å². The highest BCUT2D eigenvalue weighted by atomic mass is 16.3. The lowest BCUT2D eigenvalue weighted by Crippen LogP contribution is -2.08. The third-order valence-corrected chi connectivity index (χ3v) is 1.50. The van der Waals surface area contributed by atoms with Crippen molar-refractivity contribution in [2.75, 3.05) is 0 Å². The van der Waals surface area contributed by atoms with Crippen molar-refractivity contribution >= 4 is 5.78 Å². The molecule has 3 nitrogen and oxygen atoms in total. The molecule has 0 fully saturated rings. The lowest BCUT2D eigenvalue weighted by atomic mass is 10.1. The van der Waals surface area contributed by atoms with Gasteiger partial charge < -0.3 is 4.42 Å². The highest BCUT2D eigenvalue weighted by molar-refractivity contribution is 5.96. The summed E-state index contributed by atoms with van der Waals surface area (Å²) >= 11 is 0. The monoisotopic (exact) mass is 153 g/mol. The zero-order valence-corrected chi connectivity index (χ0v) is 6.92. The van der Waals surface area contributed by atoms with Gasteiger partial charge >= 0.3 is 0 Å². The summed E-state index contributed by atoms with van der Waals surface area (Å²) < 4.78 is 4.90. The maximum atomic E-state index is 11.3. The summed E-state index contributed by atoms with van der Waals surface area (Å²) in [7, 11) is 0. The molecule has 1 rings (SSSR count). The first-order valence-electron chi connectivity index (χ1n) is 3.57. The molecule has 0 aromatic carbocycles. The summed E-state index contributed by atoms with van der Waals surface area (Å²) in [6, 6.07) is 0. The number of oxazole rings is 1. The van der Waals surface area contributed by atoms with Gasteiger partial charge in [-0.05, 0) is 6.92 Å². The number of hydrogen-bond acceptors (Lipinski definition) is 3. The van der Waals surface area contributed by atoms with E-state index in [4.69, 9.17) is 4.42 Å². The molecule has 1 heterocycles. The zero-order chi connectivity index (χ0) is 8.43. The van der Waals surface area contributed by atoms with Crippen LogP contribution in [0.2, 0.25) is 0 Å². The minimum atomic E-state index is -0.0150. The van der Waals surface area contributed by atoms with Crippen LogP contribution in [0.1, 0.15) is 30.1 Å². The van der Waals surface area contributed by atoms with Crippen molar-refractivity contribution < 1.29 is 9.21 Å². The summed E-state index contributed by atoms with van der Waals surface area (Å²) in [5.41, 5.74) is 0.458. The van der Waals surface area contributed by atoms with Crippen molar-refractivity contribution in [2.24, 2.45) is 5.92 Å². The Bertz CT molecular complexity index is 263. The predicted octanol–water partition coefficient (Wildman–Crippen LogP) is 1.82. The average Bonchev–Trinajstić information content (AvgIpc) is 2.33. The first kappa shape index (κ1) is 7.98. The highest BCUT2D eigenvalue weighted by Gasteiger charge is 2.16. The lowest BCUT2D eigenvalue weighted by Gasteiger charge is -1.98. The standard InChI is InChI=1S/C8H11NO2/c1-5(2)8(10)7-6(3)11-4-9-7/h4-5H,1-3H3. The molecule has 1 aromatic rings. The number of aromatic nitrogens is 1. The number of carbonyl (C=O) groups excluding carboxylic acids is 1. The van der Waals surface area contributed by atoms with Crippen molar-refractivity contribution in [2.45, 2.75) is 20.8 Å². The van der Waals surface area contributed by atoms with Gasteiger partial charge in [-0.3, -0.25) is 4.79 Å². The van der Waals surface area contributed by atoms with Gasteiger partial charge in [-0.15, -0.1) is 0 Å². The van der Waals surface area contributed by atoms with E-state index in [1.165, 1.54) is 6.39 Å². The van der Waals surface area contributed by atoms with Gasteiger partial charge in [0.15, 0.2) is 12.2 Å². The van der Waals surface area contributed by atoms with E-state index in [1.807, 2.05) is 13.8 Å². The maximum Gasteiger partial charge on any atom is 0.187 e. The van der Waals surface area contributed by atoms with Crippen LogP contribution in [0.15, 0.2) is 10.8 Å². The second kappa shape index (κ2) is 2.86. The van der Waals surface area contributed by atoms with E-state index >= 15 is 0 Å². The minimum Gasteiger partial charge on any atom is -0.448 e. The first-order valence-corrected chi connectivity index (χ1v) is 3.57. The van der Waals surface area contributed by atoms with Crippen molar-refractivity contribution in [3.05, 3.63) is 17.8 Å². The Hall–Kier alpha value is -1.12. The molecule has 0 atom stereocenters. The van der Waals surface area contributed by atoms with E-state index in [-0.39, 0.29) is 11.7 Å². The van der Waals surface area contributed by atoms with Gasteiger partial charge in [0.05, 0.1) is 0 Å². The summed E-state index contributed by atoms with van der Waals surface area (Å²) in [4.78, 5) is 15.1. The van der Waals surface area contributed by atoms with E-state index in [0.717, 1.165) is 0 Å². The Kier molecular flexibility index (Phi) is 2.08. The smallest absolute Gasteiger partial charge is 0.187 e. The molecule has 0 saturated heterocycles. The number of hydrogen-bond donors (Lipinski definition) is 0. The molecular weight excluding hydrogens is 142 g/mol. The molecule has 0 N–H and O–H groups in total. The minimum absolute atomic E-state index is 0.0150. The summed E-state index contributed by atoms with van der Waals surface area (Å²) in [5.74, 6) is 0.624. The molecule has 0 bridgehead atoms. The van der Waals surface area contributed by atoms with Gasteiger partial charge in [-0.2, -0.15) is 0 Å². The first-order chi connectivity index (χ1) is 5.13. The normalized spacial score (nSPS) is 10.5. The van der Waals surface area contributed by atoms with Crippen LogP contribution in [0.4, 0.5) is 0 Å². The molecule has 60 valence electrons. The summed E-state index contributed by atoms with van der Waals surface area (Å²) in [6.07, 6.45) is 1.30. The fraction of sp³-hybridized carbons (Fsp3) is 0.500. The van der Waals surface area contributed by atoms with Crippen LogP contribution in [0.25, 0.3) is 0 Å². The van der Waals surface area contributed by atoms with Gasteiger partial charge in [-0.25, -0.2) is 4.98 Å². The summed E-state index contributed by atoms with van der Waals surface area (Å²) in [6.45, 7) is 5.43. The van der Waals surface area contributed by atoms with E-state index in [9.17, 15) is 4.79 Å². The van der Waals surface area contributed by atoms with Crippen LogP contribution in [0, 0.1) is 12.8 Å². The van der Waals surface area contributed by atoms with Gasteiger partial charge in [-0.1, -0.05) is 13.8 Å². The number of Topliss-reactive ketones (excluding diaryl/α,β-unsaturated/α-hetero) is 1. The molecule has 0 aliphatic carbocycles. The predicted molar refractivity (Wildman–Crippen MR) is 40.4 cm³/mol. The number of rotatable bonds is 2. The quantitative estimate of drug-likeness (QED) is 0.608. The van der Waals surface area contributed by atoms with Crippen LogP contribution in [0.5, 0.6) is 0 Å². The Balaban J connectivity index is 2.93. The fourth-order valence-electron chi connectivity index (χ4n) is 0.815. The van der Waals surface area contributed by atoms with Crippen LogP contribution in [-0.2, 0) is 0 Å². The van der Waals surface area contributed by atoms with Gasteiger partial charge in [0.25, 0.3) is 0 Å². The van der Waals surface area contributed by atoms with Crippen LogP contribution >= 0.6 is 0 Å². The molecule has 0 saturated carbocycles. The lowest BCUT2D eigenvalue weighted by molar-refractivity contribution is 0.0933. The number of ketones is 1. The molecule has 3 heteroatoms. The molecule has 0 unspecified atom stereocenters. The topological polar surface area (TPSA) is 43.1 Å². The molecule has 11 heavy (non-hydrogen) atoms. The molecule has 0 aliphatic rings. The maximum absolute atomic E-state index is 11.3. The van der Waals surface area contributed by atoms with Crippen molar-refractivity contribution in [1.82, 2.24) is 4.98 Å². The van der Waals surface area contributed by atoms with Crippen molar-refractivity contribution in [3.63, 3.8) is 0 Å². The van der Waals surface area contributed by atoms with Crippen molar-refractivity contribution in [1.29, 1.82) is 0 Å². The Morgan fingerprint density at radius 1 is 1.64 bits per heavy atom. The average molecular weight is 153 g/mol. The molecule has 0 spiro atoms. The number of nitrogens with zero attached hydrogens (tertiary/aromatic N) is 1. The van der Waals surface area contributed by atoms with E-state index in [1.54, 1.807) is 6.92 Å². The SMILES string of the molecule is Cc1ocnc1C(=O)C(C)C.